The molecule has 2 N–H and O–H groups in total. The number of carbonyl (C=O) groups excluding carboxylic acids is 2. The van der Waals surface area contributed by atoms with Crippen LogP contribution in [0.5, 0.6) is 5.75 Å². The number of benzene rings is 3. The first kappa shape index (κ1) is 31.9. The molecule has 0 radical (unpaired) electrons. The van der Waals surface area contributed by atoms with Gasteiger partial charge < -0.3 is 24.3 Å². The van der Waals surface area contributed by atoms with Gasteiger partial charge in [0.15, 0.2) is 4.90 Å². The van der Waals surface area contributed by atoms with Crippen LogP contribution >= 0.6 is 12.2 Å². The quantitative estimate of drug-likeness (QED) is 0.0637. The first-order valence-electron chi connectivity index (χ1n) is 13.8. The van der Waals surface area contributed by atoms with Crippen molar-refractivity contribution in [3.63, 3.8) is 0 Å². The predicted molar refractivity (Wildman–Crippen MR) is 170 cm³/mol. The van der Waals surface area contributed by atoms with Crippen LogP contribution in [-0.2, 0) is 27.1 Å². The molecule has 7 nitrogen and oxygen atoms in total. The van der Waals surface area contributed by atoms with Crippen LogP contribution in [0, 0.1) is 12.7 Å². The molecule has 1 heterocycles. The molecular formula is C33H33FN2O5S2. The third-order valence-electron chi connectivity index (χ3n) is 6.94. The Morgan fingerprint density at radius 1 is 1.05 bits per heavy atom. The Kier molecular flexibility index (Phi) is 10.7. The van der Waals surface area contributed by atoms with E-state index in [4.69, 9.17) is 27.4 Å². The summed E-state index contributed by atoms with van der Waals surface area (Å²) in [4.78, 5) is 27.9. The first-order chi connectivity index (χ1) is 20.6. The minimum atomic E-state index is -1.21. The van der Waals surface area contributed by atoms with Crippen molar-refractivity contribution in [1.82, 2.24) is 4.57 Å². The predicted octanol–water partition coefficient (Wildman–Crippen LogP) is 6.46. The molecule has 1 aromatic heterocycles. The van der Waals surface area contributed by atoms with E-state index in [-0.39, 0.29) is 23.6 Å². The van der Waals surface area contributed by atoms with Gasteiger partial charge in [-0.2, -0.15) is 0 Å². The number of ether oxygens (including phenoxy) is 2. The second-order valence-electron chi connectivity index (χ2n) is 9.96. The second-order valence-corrected chi connectivity index (χ2v) is 11.8. The summed E-state index contributed by atoms with van der Waals surface area (Å²) in [6, 6.07) is 19.4. The standard InChI is InChI=1S/C33H33FN2O5S2/c1-4-5-6-18-40-33(38)30-28(20-29(37)41-26-14-10-23(11-15-26)32(35)42)21(2)36(25-9-7-8-24(34)19-25)31(30)22-12-16-27(17-13-22)43(3)39/h7-17,19H,4-6,18,20H2,1-3H3,(H2,35,42). The third-order valence-corrected chi connectivity index (χ3v) is 8.11. The van der Waals surface area contributed by atoms with Crippen molar-refractivity contribution in [2.75, 3.05) is 12.9 Å². The average Bonchev–Trinajstić information content (AvgIpc) is 3.27. The van der Waals surface area contributed by atoms with Gasteiger partial charge in [0, 0.05) is 16.9 Å². The lowest BCUT2D eigenvalue weighted by atomic mass is 10.0. The fourth-order valence-electron chi connectivity index (χ4n) is 4.78. The van der Waals surface area contributed by atoms with E-state index in [9.17, 15) is 18.5 Å². The molecule has 0 amide bonds. The van der Waals surface area contributed by atoms with E-state index in [0.717, 1.165) is 12.8 Å². The van der Waals surface area contributed by atoms with Crippen LogP contribution in [0.25, 0.3) is 16.9 Å². The SMILES string of the molecule is CCCCCOC(=O)c1c(CC(=O)Oc2ccc(C(N)=S)cc2)c(C)n(-c2cccc(F)c2)c1-c1ccc([S+](C)[O-])cc1. The van der Waals surface area contributed by atoms with Crippen LogP contribution in [0.2, 0.25) is 0 Å². The van der Waals surface area contributed by atoms with Gasteiger partial charge in [0.25, 0.3) is 0 Å². The van der Waals surface area contributed by atoms with E-state index in [1.54, 1.807) is 78.4 Å². The minimum Gasteiger partial charge on any atom is -0.612 e. The van der Waals surface area contributed by atoms with Crippen LogP contribution in [0.1, 0.15) is 53.4 Å². The lowest BCUT2D eigenvalue weighted by Gasteiger charge is -2.14. The summed E-state index contributed by atoms with van der Waals surface area (Å²) >= 11 is 3.77. The normalized spacial score (nSPS) is 11.7. The molecule has 3 aromatic carbocycles. The average molecular weight is 621 g/mol. The van der Waals surface area contributed by atoms with Gasteiger partial charge in [0.1, 0.15) is 22.8 Å². The Balaban J connectivity index is 1.84. The highest BCUT2D eigenvalue weighted by molar-refractivity contribution is 7.90. The van der Waals surface area contributed by atoms with Crippen molar-refractivity contribution in [3.05, 3.63) is 101 Å². The lowest BCUT2D eigenvalue weighted by molar-refractivity contribution is -0.133. The molecule has 0 aliphatic carbocycles. The van der Waals surface area contributed by atoms with Gasteiger partial charge in [-0.15, -0.1) is 0 Å². The molecule has 1 atom stereocenters. The molecule has 224 valence electrons. The topological polar surface area (TPSA) is 107 Å². The number of thiocarbonyl (C=S) groups is 1. The zero-order chi connectivity index (χ0) is 31.1. The van der Waals surface area contributed by atoms with E-state index >= 15 is 0 Å². The van der Waals surface area contributed by atoms with Gasteiger partial charge in [-0.25, -0.2) is 9.18 Å². The van der Waals surface area contributed by atoms with Crippen LogP contribution in [-0.4, -0.2) is 38.9 Å². The number of rotatable bonds is 12. The van der Waals surface area contributed by atoms with E-state index in [0.29, 0.717) is 50.8 Å². The first-order valence-corrected chi connectivity index (χ1v) is 15.8. The molecule has 10 heteroatoms. The summed E-state index contributed by atoms with van der Waals surface area (Å²) in [5, 5.41) is 0. The molecule has 4 aromatic rings. The minimum absolute atomic E-state index is 0.185. The second kappa shape index (κ2) is 14.5. The zero-order valence-electron chi connectivity index (χ0n) is 24.2. The molecule has 43 heavy (non-hydrogen) atoms. The van der Waals surface area contributed by atoms with Gasteiger partial charge in [-0.1, -0.05) is 38.0 Å². The number of aromatic nitrogens is 1. The van der Waals surface area contributed by atoms with Crippen molar-refractivity contribution >= 4 is 40.3 Å². The van der Waals surface area contributed by atoms with Crippen molar-refractivity contribution in [2.24, 2.45) is 5.73 Å². The van der Waals surface area contributed by atoms with Crippen molar-refractivity contribution in [2.45, 2.75) is 44.4 Å². The lowest BCUT2D eigenvalue weighted by Crippen LogP contribution is -2.16. The Morgan fingerprint density at radius 2 is 1.74 bits per heavy atom. The number of hydrogen-bond acceptors (Lipinski definition) is 6. The van der Waals surface area contributed by atoms with Crippen molar-refractivity contribution in [1.29, 1.82) is 0 Å². The smallest absolute Gasteiger partial charge is 0.340 e. The van der Waals surface area contributed by atoms with Crippen molar-refractivity contribution in [3.8, 4) is 22.7 Å². The van der Waals surface area contributed by atoms with Gasteiger partial charge in [-0.3, -0.25) is 4.79 Å². The molecule has 0 spiro atoms. The Hall–Kier alpha value is -3.99. The van der Waals surface area contributed by atoms with Crippen molar-refractivity contribution < 1.29 is 28.0 Å². The number of nitrogens with zero attached hydrogens (tertiary/aromatic N) is 1. The summed E-state index contributed by atoms with van der Waals surface area (Å²) in [5.41, 5.74) is 8.92. The van der Waals surface area contributed by atoms with Crippen LogP contribution in [0.3, 0.4) is 0 Å². The molecule has 4 rings (SSSR count). The maximum atomic E-state index is 14.5. The molecule has 0 aliphatic rings. The fourth-order valence-corrected chi connectivity index (χ4v) is 5.43. The van der Waals surface area contributed by atoms with Crippen LogP contribution in [0.4, 0.5) is 4.39 Å². The number of nitrogens with two attached hydrogens (primary N) is 1. The number of unbranched alkanes of at least 4 members (excludes halogenated alkanes) is 2. The van der Waals surface area contributed by atoms with E-state index < -0.39 is 28.9 Å². The number of hydrogen-bond donors (Lipinski definition) is 1. The number of halogens is 1. The largest absolute Gasteiger partial charge is 0.612 e. The van der Waals surface area contributed by atoms with Gasteiger partial charge in [-0.05, 0) is 102 Å². The molecule has 0 aliphatic heterocycles. The van der Waals surface area contributed by atoms with Gasteiger partial charge in [0.2, 0.25) is 0 Å². The monoisotopic (exact) mass is 620 g/mol. The Morgan fingerprint density at radius 3 is 2.35 bits per heavy atom. The summed E-state index contributed by atoms with van der Waals surface area (Å²) in [6.45, 7) is 4.03. The molecule has 0 bridgehead atoms. The highest BCUT2D eigenvalue weighted by atomic mass is 32.2. The number of carbonyl (C=O) groups is 2. The van der Waals surface area contributed by atoms with Crippen LogP contribution < -0.4 is 10.5 Å². The maximum absolute atomic E-state index is 14.5. The molecule has 0 saturated carbocycles. The highest BCUT2D eigenvalue weighted by Gasteiger charge is 2.30. The molecule has 0 fully saturated rings. The summed E-state index contributed by atoms with van der Waals surface area (Å²) in [6.07, 6.45) is 3.87. The van der Waals surface area contributed by atoms with E-state index in [1.165, 1.54) is 12.1 Å². The van der Waals surface area contributed by atoms with Gasteiger partial charge >= 0.3 is 11.9 Å². The van der Waals surface area contributed by atoms with Crippen LogP contribution in [0.15, 0.2) is 77.7 Å². The van der Waals surface area contributed by atoms with E-state index in [1.807, 2.05) is 0 Å². The maximum Gasteiger partial charge on any atom is 0.340 e. The molecular weight excluding hydrogens is 588 g/mol. The molecule has 0 saturated heterocycles. The third kappa shape index (κ3) is 7.70. The summed E-state index contributed by atoms with van der Waals surface area (Å²) in [5.74, 6) is -1.38. The molecule has 1 unspecified atom stereocenters. The summed E-state index contributed by atoms with van der Waals surface area (Å²) in [7, 11) is 0. The fraction of sp³-hybridized carbons (Fsp3) is 0.242. The van der Waals surface area contributed by atoms with Gasteiger partial charge in [0.05, 0.1) is 24.3 Å². The Labute approximate surface area is 259 Å². The highest BCUT2D eigenvalue weighted by Crippen LogP contribution is 2.36. The Bertz CT molecular complexity index is 1620. The zero-order valence-corrected chi connectivity index (χ0v) is 25.9. The van der Waals surface area contributed by atoms with E-state index in [2.05, 4.69) is 6.92 Å². The number of esters is 2. The summed E-state index contributed by atoms with van der Waals surface area (Å²) < 4.78 is 39.6.